The highest BCUT2D eigenvalue weighted by Gasteiger charge is 2.40. The second kappa shape index (κ2) is 5.74. The van der Waals surface area contributed by atoms with Crippen LogP contribution in [0.5, 0.6) is 0 Å². The third kappa shape index (κ3) is 3.14. The standard InChI is InChI=1S/C13H25NOS/c1-3-11(2)9-14-12-4-6-15-13(8-12)5-7-16-10-13/h11-12,14H,3-10H2,1-2H3. The number of thioether (sulfide) groups is 1. The van der Waals surface area contributed by atoms with E-state index in [2.05, 4.69) is 30.9 Å². The SMILES string of the molecule is CCC(C)CNC1CCOC2(CCSC2)C1. The fourth-order valence-corrected chi connectivity index (χ4v) is 3.96. The molecule has 2 rings (SSSR count). The predicted molar refractivity (Wildman–Crippen MR) is 71.1 cm³/mol. The molecule has 16 heavy (non-hydrogen) atoms. The van der Waals surface area contributed by atoms with Crippen LogP contribution in [0.1, 0.15) is 39.5 Å². The van der Waals surface area contributed by atoms with Crippen molar-refractivity contribution in [2.45, 2.75) is 51.2 Å². The Bertz CT molecular complexity index is 216. The summed E-state index contributed by atoms with van der Waals surface area (Å²) >= 11 is 2.06. The highest BCUT2D eigenvalue weighted by molar-refractivity contribution is 7.99. The summed E-state index contributed by atoms with van der Waals surface area (Å²) in [5.41, 5.74) is 0.232. The van der Waals surface area contributed by atoms with Crippen molar-refractivity contribution in [1.29, 1.82) is 0 Å². The maximum absolute atomic E-state index is 6.03. The van der Waals surface area contributed by atoms with E-state index < -0.39 is 0 Å². The molecule has 2 aliphatic rings. The van der Waals surface area contributed by atoms with E-state index >= 15 is 0 Å². The molecular formula is C13H25NOS. The lowest BCUT2D eigenvalue weighted by atomic mass is 9.89. The normalized spacial score (nSPS) is 36.8. The van der Waals surface area contributed by atoms with E-state index in [0.717, 1.165) is 12.5 Å². The first-order valence-corrected chi connectivity index (χ1v) is 7.85. The van der Waals surface area contributed by atoms with Crippen LogP contribution in [-0.2, 0) is 4.74 Å². The zero-order valence-electron chi connectivity index (χ0n) is 10.6. The van der Waals surface area contributed by atoms with Crippen LogP contribution in [0, 0.1) is 5.92 Å². The molecule has 3 heteroatoms. The van der Waals surface area contributed by atoms with Crippen molar-refractivity contribution in [1.82, 2.24) is 5.32 Å². The average molecular weight is 243 g/mol. The lowest BCUT2D eigenvalue weighted by Gasteiger charge is -2.38. The van der Waals surface area contributed by atoms with Crippen molar-refractivity contribution in [2.75, 3.05) is 24.7 Å². The van der Waals surface area contributed by atoms with Crippen LogP contribution in [0.25, 0.3) is 0 Å². The van der Waals surface area contributed by atoms with Gasteiger partial charge in [0, 0.05) is 18.4 Å². The molecule has 1 spiro atoms. The molecule has 2 heterocycles. The number of nitrogens with one attached hydrogen (secondary N) is 1. The summed E-state index contributed by atoms with van der Waals surface area (Å²) in [6.45, 7) is 6.72. The highest BCUT2D eigenvalue weighted by Crippen LogP contribution is 2.38. The fourth-order valence-electron chi connectivity index (χ4n) is 2.58. The Morgan fingerprint density at radius 3 is 3.12 bits per heavy atom. The van der Waals surface area contributed by atoms with E-state index in [1.807, 2.05) is 0 Å². The molecule has 0 aliphatic carbocycles. The Balaban J connectivity index is 1.78. The Kier molecular flexibility index (Phi) is 4.57. The molecule has 2 aliphatic heterocycles. The summed E-state index contributed by atoms with van der Waals surface area (Å²) in [4.78, 5) is 0. The molecule has 2 saturated heterocycles. The predicted octanol–water partition coefficient (Wildman–Crippen LogP) is 2.68. The first kappa shape index (κ1) is 12.7. The summed E-state index contributed by atoms with van der Waals surface area (Å²) in [5.74, 6) is 3.31. The topological polar surface area (TPSA) is 21.3 Å². The molecule has 3 unspecified atom stereocenters. The molecule has 0 saturated carbocycles. The van der Waals surface area contributed by atoms with Crippen LogP contribution in [0.3, 0.4) is 0 Å². The van der Waals surface area contributed by atoms with Crippen LogP contribution in [0.2, 0.25) is 0 Å². The number of hydrogen-bond donors (Lipinski definition) is 1. The molecular weight excluding hydrogens is 218 g/mol. The molecule has 0 aromatic carbocycles. The average Bonchev–Trinajstić information content (AvgIpc) is 2.74. The lowest BCUT2D eigenvalue weighted by molar-refractivity contribution is -0.0703. The molecule has 2 nitrogen and oxygen atoms in total. The Morgan fingerprint density at radius 1 is 1.56 bits per heavy atom. The second-order valence-corrected chi connectivity index (χ2v) is 6.55. The van der Waals surface area contributed by atoms with Crippen LogP contribution < -0.4 is 5.32 Å². The minimum atomic E-state index is 0.232. The van der Waals surface area contributed by atoms with Crippen LogP contribution >= 0.6 is 11.8 Å². The van der Waals surface area contributed by atoms with Gasteiger partial charge in [-0.25, -0.2) is 0 Å². The second-order valence-electron chi connectivity index (χ2n) is 5.45. The molecule has 2 fully saturated rings. The number of hydrogen-bond acceptors (Lipinski definition) is 3. The van der Waals surface area contributed by atoms with E-state index in [1.165, 1.54) is 43.7 Å². The van der Waals surface area contributed by atoms with Crippen LogP contribution in [0.15, 0.2) is 0 Å². The quantitative estimate of drug-likeness (QED) is 0.820. The zero-order chi connectivity index (χ0) is 11.4. The van der Waals surface area contributed by atoms with E-state index in [1.54, 1.807) is 0 Å². The van der Waals surface area contributed by atoms with Crippen LogP contribution in [-0.4, -0.2) is 36.3 Å². The summed E-state index contributed by atoms with van der Waals surface area (Å²) in [6.07, 6.45) is 4.97. The summed E-state index contributed by atoms with van der Waals surface area (Å²) < 4.78 is 6.03. The van der Waals surface area contributed by atoms with Gasteiger partial charge in [0.1, 0.15) is 0 Å². The van der Waals surface area contributed by atoms with Crippen molar-refractivity contribution < 1.29 is 4.74 Å². The molecule has 1 N–H and O–H groups in total. The first-order valence-electron chi connectivity index (χ1n) is 6.69. The smallest absolute Gasteiger partial charge is 0.0795 e. The van der Waals surface area contributed by atoms with Crippen molar-refractivity contribution >= 4 is 11.8 Å². The van der Waals surface area contributed by atoms with Gasteiger partial charge < -0.3 is 10.1 Å². The Labute approximate surface area is 104 Å². The summed E-state index contributed by atoms with van der Waals surface area (Å²) in [5, 5.41) is 3.73. The van der Waals surface area contributed by atoms with Crippen molar-refractivity contribution in [3.63, 3.8) is 0 Å². The zero-order valence-corrected chi connectivity index (χ0v) is 11.4. The van der Waals surface area contributed by atoms with Crippen molar-refractivity contribution in [2.24, 2.45) is 5.92 Å². The third-order valence-corrected chi connectivity index (χ3v) is 5.24. The number of rotatable bonds is 4. The van der Waals surface area contributed by atoms with Crippen molar-refractivity contribution in [3.8, 4) is 0 Å². The molecule has 3 atom stereocenters. The van der Waals surface area contributed by atoms with Gasteiger partial charge in [-0.2, -0.15) is 11.8 Å². The maximum atomic E-state index is 6.03. The summed E-state index contributed by atoms with van der Waals surface area (Å²) in [6, 6.07) is 0.696. The Morgan fingerprint density at radius 2 is 2.44 bits per heavy atom. The van der Waals surface area contributed by atoms with Gasteiger partial charge >= 0.3 is 0 Å². The van der Waals surface area contributed by atoms with Gasteiger partial charge in [-0.05, 0) is 37.5 Å². The van der Waals surface area contributed by atoms with Crippen LogP contribution in [0.4, 0.5) is 0 Å². The highest BCUT2D eigenvalue weighted by atomic mass is 32.2. The Hall–Kier alpha value is 0.270. The maximum Gasteiger partial charge on any atom is 0.0795 e. The van der Waals surface area contributed by atoms with Gasteiger partial charge in [0.05, 0.1) is 5.60 Å². The monoisotopic (exact) mass is 243 g/mol. The van der Waals surface area contributed by atoms with Gasteiger partial charge in [-0.15, -0.1) is 0 Å². The van der Waals surface area contributed by atoms with Gasteiger partial charge in [-0.1, -0.05) is 20.3 Å². The van der Waals surface area contributed by atoms with Gasteiger partial charge in [-0.3, -0.25) is 0 Å². The van der Waals surface area contributed by atoms with Crippen molar-refractivity contribution in [3.05, 3.63) is 0 Å². The van der Waals surface area contributed by atoms with Gasteiger partial charge in [0.2, 0.25) is 0 Å². The largest absolute Gasteiger partial charge is 0.374 e. The fraction of sp³-hybridized carbons (Fsp3) is 1.00. The van der Waals surface area contributed by atoms with Gasteiger partial charge in [0.25, 0.3) is 0 Å². The minimum Gasteiger partial charge on any atom is -0.374 e. The molecule has 0 aromatic heterocycles. The number of ether oxygens (including phenoxy) is 1. The molecule has 0 bridgehead atoms. The first-order chi connectivity index (χ1) is 7.74. The van der Waals surface area contributed by atoms with E-state index in [0.29, 0.717) is 6.04 Å². The molecule has 94 valence electrons. The van der Waals surface area contributed by atoms with E-state index in [-0.39, 0.29) is 5.60 Å². The van der Waals surface area contributed by atoms with Gasteiger partial charge in [0.15, 0.2) is 0 Å². The molecule has 0 aromatic rings. The van der Waals surface area contributed by atoms with E-state index in [9.17, 15) is 0 Å². The lowest BCUT2D eigenvalue weighted by Crippen LogP contribution is -2.48. The third-order valence-electron chi connectivity index (χ3n) is 4.01. The minimum absolute atomic E-state index is 0.232. The molecule has 0 amide bonds. The molecule has 0 radical (unpaired) electrons. The summed E-state index contributed by atoms with van der Waals surface area (Å²) in [7, 11) is 0. The van der Waals surface area contributed by atoms with E-state index in [4.69, 9.17) is 4.74 Å².